The third kappa shape index (κ3) is 6.67. The van der Waals surface area contributed by atoms with Crippen molar-refractivity contribution in [3.63, 3.8) is 0 Å². The summed E-state index contributed by atoms with van der Waals surface area (Å²) in [6.45, 7) is 8.25. The van der Waals surface area contributed by atoms with E-state index in [0.717, 1.165) is 43.7 Å². The molecule has 1 saturated heterocycles. The zero-order valence-corrected chi connectivity index (χ0v) is 17.1. The van der Waals surface area contributed by atoms with Gasteiger partial charge in [-0.1, -0.05) is 38.8 Å². The Kier molecular flexibility index (Phi) is 8.49. The van der Waals surface area contributed by atoms with Crippen LogP contribution in [0.4, 0.5) is 0 Å². The molecular formula is C21H32N2O2S. The van der Waals surface area contributed by atoms with E-state index in [9.17, 15) is 9.59 Å². The summed E-state index contributed by atoms with van der Waals surface area (Å²) in [6.07, 6.45) is 5.51. The van der Waals surface area contributed by atoms with Crippen LogP contribution in [0.2, 0.25) is 0 Å². The van der Waals surface area contributed by atoms with Crippen molar-refractivity contribution in [3.8, 4) is 0 Å². The lowest BCUT2D eigenvalue weighted by atomic mass is 10.0. The molecule has 1 fully saturated rings. The quantitative estimate of drug-likeness (QED) is 0.652. The Morgan fingerprint density at radius 1 is 1.12 bits per heavy atom. The molecule has 1 aliphatic heterocycles. The third-order valence-electron chi connectivity index (χ3n) is 4.74. The molecule has 2 amide bonds. The van der Waals surface area contributed by atoms with E-state index < -0.39 is 0 Å². The minimum Gasteiger partial charge on any atom is -0.350 e. The smallest absolute Gasteiger partial charge is 0.252 e. The molecule has 0 bridgehead atoms. The van der Waals surface area contributed by atoms with Crippen molar-refractivity contribution in [2.75, 3.05) is 18.8 Å². The second-order valence-corrected chi connectivity index (χ2v) is 8.59. The predicted molar refractivity (Wildman–Crippen MR) is 109 cm³/mol. The summed E-state index contributed by atoms with van der Waals surface area (Å²) in [6, 6.07) is 7.74. The number of hydrogen-bond donors (Lipinski definition) is 1. The van der Waals surface area contributed by atoms with Crippen LogP contribution < -0.4 is 5.32 Å². The molecule has 1 aliphatic rings. The van der Waals surface area contributed by atoms with E-state index in [0.29, 0.717) is 17.2 Å². The van der Waals surface area contributed by atoms with Gasteiger partial charge in [0.15, 0.2) is 0 Å². The summed E-state index contributed by atoms with van der Waals surface area (Å²) in [7, 11) is 0. The highest BCUT2D eigenvalue weighted by Gasteiger charge is 2.19. The fourth-order valence-electron chi connectivity index (χ4n) is 3.18. The number of nitrogens with one attached hydrogen (secondary N) is 1. The van der Waals surface area contributed by atoms with E-state index in [-0.39, 0.29) is 17.9 Å². The average molecular weight is 377 g/mol. The first kappa shape index (κ1) is 20.8. The van der Waals surface area contributed by atoms with Crippen LogP contribution in [0.5, 0.6) is 0 Å². The van der Waals surface area contributed by atoms with E-state index in [1.54, 1.807) is 0 Å². The van der Waals surface area contributed by atoms with Gasteiger partial charge in [0.2, 0.25) is 5.91 Å². The van der Waals surface area contributed by atoms with Gasteiger partial charge in [-0.05, 0) is 44.2 Å². The number of carbonyl (C=O) groups excluding carboxylic acids is 2. The summed E-state index contributed by atoms with van der Waals surface area (Å²) < 4.78 is 0. The molecule has 2 rings (SSSR count). The lowest BCUT2D eigenvalue weighted by Gasteiger charge is -2.17. The maximum atomic E-state index is 12.7. The molecule has 1 atom stereocenters. The highest BCUT2D eigenvalue weighted by molar-refractivity contribution is 8.00. The predicted octanol–water partition coefficient (Wildman–Crippen LogP) is 4.35. The van der Waals surface area contributed by atoms with Crippen LogP contribution in [0.1, 0.15) is 63.2 Å². The molecule has 26 heavy (non-hydrogen) atoms. The molecule has 0 spiro atoms. The van der Waals surface area contributed by atoms with Gasteiger partial charge in [-0.3, -0.25) is 9.59 Å². The number of benzene rings is 1. The van der Waals surface area contributed by atoms with Crippen molar-refractivity contribution >= 4 is 23.6 Å². The van der Waals surface area contributed by atoms with Crippen LogP contribution in [-0.4, -0.2) is 41.6 Å². The number of likely N-dealkylation sites (tertiary alicyclic amines) is 1. The van der Waals surface area contributed by atoms with E-state index in [1.807, 2.05) is 29.2 Å². The maximum Gasteiger partial charge on any atom is 0.252 e. The molecule has 4 nitrogen and oxygen atoms in total. The monoisotopic (exact) mass is 376 g/mol. The van der Waals surface area contributed by atoms with Gasteiger partial charge in [0.25, 0.3) is 5.91 Å². The van der Waals surface area contributed by atoms with Gasteiger partial charge in [-0.2, -0.15) is 0 Å². The van der Waals surface area contributed by atoms with E-state index >= 15 is 0 Å². The van der Waals surface area contributed by atoms with Crippen molar-refractivity contribution in [1.82, 2.24) is 10.2 Å². The SMILES string of the molecule is CC(C)CCCC(C)NC(=O)c1ccccc1SCC(=O)N1CCCC1. The van der Waals surface area contributed by atoms with E-state index in [1.165, 1.54) is 18.2 Å². The van der Waals surface area contributed by atoms with Gasteiger partial charge >= 0.3 is 0 Å². The van der Waals surface area contributed by atoms with Crippen LogP contribution in [0, 0.1) is 5.92 Å². The standard InChI is InChI=1S/C21H32N2O2S/c1-16(2)9-8-10-17(3)22-21(25)18-11-4-5-12-19(18)26-15-20(24)23-13-6-7-14-23/h4-5,11-12,16-17H,6-10,13-15H2,1-3H3,(H,22,25). The number of rotatable bonds is 9. The minimum atomic E-state index is -0.0428. The van der Waals surface area contributed by atoms with Gasteiger partial charge in [-0.15, -0.1) is 11.8 Å². The minimum absolute atomic E-state index is 0.0428. The van der Waals surface area contributed by atoms with Crippen molar-refractivity contribution in [1.29, 1.82) is 0 Å². The number of carbonyl (C=O) groups is 2. The Labute approximate surface area is 162 Å². The van der Waals surface area contributed by atoms with Gasteiger partial charge in [0, 0.05) is 24.0 Å². The number of amides is 2. The van der Waals surface area contributed by atoms with Crippen molar-refractivity contribution in [2.45, 2.75) is 63.8 Å². The van der Waals surface area contributed by atoms with Gasteiger partial charge in [-0.25, -0.2) is 0 Å². The zero-order chi connectivity index (χ0) is 18.9. The molecule has 0 saturated carbocycles. The lowest BCUT2D eigenvalue weighted by molar-refractivity contribution is -0.127. The Morgan fingerprint density at radius 2 is 1.81 bits per heavy atom. The summed E-state index contributed by atoms with van der Waals surface area (Å²) in [4.78, 5) is 27.7. The molecule has 0 aliphatic carbocycles. The highest BCUT2D eigenvalue weighted by atomic mass is 32.2. The molecule has 5 heteroatoms. The number of thioether (sulfide) groups is 1. The third-order valence-corrected chi connectivity index (χ3v) is 5.80. The molecule has 1 aromatic rings. The first-order valence-electron chi connectivity index (χ1n) is 9.78. The fourth-order valence-corrected chi connectivity index (χ4v) is 4.14. The van der Waals surface area contributed by atoms with Gasteiger partial charge < -0.3 is 10.2 Å². The van der Waals surface area contributed by atoms with Crippen molar-refractivity contribution < 1.29 is 9.59 Å². The molecule has 1 unspecified atom stereocenters. The summed E-state index contributed by atoms with van der Waals surface area (Å²) in [5, 5.41) is 3.11. The summed E-state index contributed by atoms with van der Waals surface area (Å²) in [5.41, 5.74) is 0.669. The second kappa shape index (κ2) is 10.6. The molecule has 0 aromatic heterocycles. The Hall–Kier alpha value is -1.49. The normalized spacial score (nSPS) is 15.3. The molecule has 1 aromatic carbocycles. The van der Waals surface area contributed by atoms with Gasteiger partial charge in [0.05, 0.1) is 11.3 Å². The maximum absolute atomic E-state index is 12.7. The summed E-state index contributed by atoms with van der Waals surface area (Å²) in [5.74, 6) is 1.22. The molecule has 1 N–H and O–H groups in total. The first-order valence-corrected chi connectivity index (χ1v) is 10.8. The Morgan fingerprint density at radius 3 is 2.50 bits per heavy atom. The van der Waals surface area contributed by atoms with Crippen LogP contribution in [-0.2, 0) is 4.79 Å². The van der Waals surface area contributed by atoms with Gasteiger partial charge in [0.1, 0.15) is 0 Å². The number of nitrogens with zero attached hydrogens (tertiary/aromatic N) is 1. The highest BCUT2D eigenvalue weighted by Crippen LogP contribution is 2.24. The Bertz CT molecular complexity index is 597. The second-order valence-electron chi connectivity index (χ2n) is 7.57. The van der Waals surface area contributed by atoms with E-state index in [2.05, 4.69) is 26.1 Å². The largest absolute Gasteiger partial charge is 0.350 e. The fraction of sp³-hybridized carbons (Fsp3) is 0.619. The number of hydrogen-bond acceptors (Lipinski definition) is 3. The molecule has 1 heterocycles. The van der Waals surface area contributed by atoms with Crippen LogP contribution in [0.15, 0.2) is 29.2 Å². The summed E-state index contributed by atoms with van der Waals surface area (Å²) >= 11 is 1.47. The first-order chi connectivity index (χ1) is 12.5. The van der Waals surface area contributed by atoms with E-state index in [4.69, 9.17) is 0 Å². The van der Waals surface area contributed by atoms with Crippen LogP contribution >= 0.6 is 11.8 Å². The zero-order valence-electron chi connectivity index (χ0n) is 16.3. The molecule has 0 radical (unpaired) electrons. The topological polar surface area (TPSA) is 49.4 Å². The van der Waals surface area contributed by atoms with Crippen LogP contribution in [0.25, 0.3) is 0 Å². The lowest BCUT2D eigenvalue weighted by Crippen LogP contribution is -2.33. The Balaban J connectivity index is 1.88. The van der Waals surface area contributed by atoms with Crippen molar-refractivity contribution in [2.24, 2.45) is 5.92 Å². The molecule has 144 valence electrons. The van der Waals surface area contributed by atoms with Crippen LogP contribution in [0.3, 0.4) is 0 Å². The van der Waals surface area contributed by atoms with Crippen molar-refractivity contribution in [3.05, 3.63) is 29.8 Å². The molecular weight excluding hydrogens is 344 g/mol. The average Bonchev–Trinajstić information content (AvgIpc) is 3.14.